The Morgan fingerprint density at radius 2 is 1.86 bits per heavy atom. The molecule has 4 heteroatoms. The maximum Gasteiger partial charge on any atom is 0.156 e. The zero-order chi connectivity index (χ0) is 11.1. The number of amidine groups is 1. The van der Waals surface area contributed by atoms with Crippen molar-refractivity contribution in [3.63, 3.8) is 0 Å². The molecule has 0 aliphatic heterocycles. The molecule has 0 saturated carbocycles. The molecule has 0 aliphatic rings. The molecule has 0 spiro atoms. The first kappa shape index (κ1) is 13.2. The van der Waals surface area contributed by atoms with Crippen LogP contribution in [-0.2, 0) is 0 Å². The van der Waals surface area contributed by atoms with Gasteiger partial charge in [0.05, 0.1) is 6.04 Å². The molecular formula is C10H23N3O. The summed E-state index contributed by atoms with van der Waals surface area (Å²) in [6.07, 6.45) is 2.30. The molecule has 0 aromatic carbocycles. The van der Waals surface area contributed by atoms with E-state index in [0.717, 1.165) is 12.3 Å². The van der Waals surface area contributed by atoms with Crippen molar-refractivity contribution < 1.29 is 5.21 Å². The highest BCUT2D eigenvalue weighted by Crippen LogP contribution is 2.06. The lowest BCUT2D eigenvalue weighted by Crippen LogP contribution is -2.43. The van der Waals surface area contributed by atoms with Crippen LogP contribution in [0.5, 0.6) is 0 Å². The van der Waals surface area contributed by atoms with Crippen molar-refractivity contribution in [2.24, 2.45) is 16.8 Å². The Morgan fingerprint density at radius 1 is 1.29 bits per heavy atom. The molecule has 0 rings (SSSR count). The molecule has 0 aromatic heterocycles. The van der Waals surface area contributed by atoms with Crippen LogP contribution in [0.25, 0.3) is 0 Å². The first-order valence-electron chi connectivity index (χ1n) is 5.20. The van der Waals surface area contributed by atoms with E-state index in [2.05, 4.69) is 31.2 Å². The molecule has 4 N–H and O–H groups in total. The maximum absolute atomic E-state index is 8.46. The van der Waals surface area contributed by atoms with Gasteiger partial charge in [0.25, 0.3) is 0 Å². The smallest absolute Gasteiger partial charge is 0.156 e. The van der Waals surface area contributed by atoms with Crippen LogP contribution in [0.15, 0.2) is 5.16 Å². The molecule has 84 valence electrons. The predicted molar refractivity (Wildman–Crippen MR) is 59.5 cm³/mol. The van der Waals surface area contributed by atoms with Crippen molar-refractivity contribution in [2.45, 2.75) is 52.6 Å². The minimum atomic E-state index is -0.0674. The van der Waals surface area contributed by atoms with Gasteiger partial charge in [0.2, 0.25) is 0 Å². The topological polar surface area (TPSA) is 70.6 Å². The number of nitrogens with zero attached hydrogens (tertiary/aromatic N) is 1. The van der Waals surface area contributed by atoms with E-state index in [1.807, 2.05) is 6.92 Å². The quantitative estimate of drug-likeness (QED) is 0.264. The van der Waals surface area contributed by atoms with E-state index in [9.17, 15) is 0 Å². The van der Waals surface area contributed by atoms with Gasteiger partial charge in [-0.1, -0.05) is 19.0 Å². The molecule has 4 nitrogen and oxygen atoms in total. The molecule has 2 atom stereocenters. The second-order valence-electron chi connectivity index (χ2n) is 4.29. The van der Waals surface area contributed by atoms with Crippen LogP contribution in [0.2, 0.25) is 0 Å². The summed E-state index contributed by atoms with van der Waals surface area (Å²) in [5, 5.41) is 14.7. The number of oxime groups is 1. The first-order chi connectivity index (χ1) is 6.47. The van der Waals surface area contributed by atoms with Crippen molar-refractivity contribution in [3.8, 4) is 0 Å². The van der Waals surface area contributed by atoms with Gasteiger partial charge in [-0.3, -0.25) is 0 Å². The van der Waals surface area contributed by atoms with Crippen LogP contribution in [-0.4, -0.2) is 23.1 Å². The van der Waals surface area contributed by atoms with Gasteiger partial charge in [-0.05, 0) is 32.6 Å². The Kier molecular flexibility index (Phi) is 6.28. The van der Waals surface area contributed by atoms with Crippen LogP contribution in [0.3, 0.4) is 0 Å². The van der Waals surface area contributed by atoms with E-state index in [1.54, 1.807) is 0 Å². The average Bonchev–Trinajstić information content (AvgIpc) is 2.13. The maximum atomic E-state index is 8.46. The van der Waals surface area contributed by atoms with Crippen molar-refractivity contribution in [2.75, 3.05) is 0 Å². The van der Waals surface area contributed by atoms with Gasteiger partial charge in [-0.2, -0.15) is 0 Å². The average molecular weight is 201 g/mol. The van der Waals surface area contributed by atoms with E-state index < -0.39 is 0 Å². The van der Waals surface area contributed by atoms with Gasteiger partial charge < -0.3 is 16.3 Å². The minimum Gasteiger partial charge on any atom is -0.409 e. The van der Waals surface area contributed by atoms with E-state index in [0.29, 0.717) is 6.04 Å². The fourth-order valence-electron chi connectivity index (χ4n) is 1.27. The second-order valence-corrected chi connectivity index (χ2v) is 4.29. The zero-order valence-corrected chi connectivity index (χ0v) is 9.62. The van der Waals surface area contributed by atoms with Gasteiger partial charge >= 0.3 is 0 Å². The summed E-state index contributed by atoms with van der Waals surface area (Å²) < 4.78 is 0. The lowest BCUT2D eigenvalue weighted by atomic mass is 10.0. The molecule has 2 unspecified atom stereocenters. The van der Waals surface area contributed by atoms with Gasteiger partial charge in [-0.25, -0.2) is 0 Å². The molecule has 0 saturated heterocycles. The highest BCUT2D eigenvalue weighted by Gasteiger charge is 2.11. The third-order valence-electron chi connectivity index (χ3n) is 2.27. The Hall–Kier alpha value is -0.770. The molecule has 0 aliphatic carbocycles. The number of nitrogens with two attached hydrogens (primary N) is 1. The number of hydrogen-bond acceptors (Lipinski definition) is 3. The van der Waals surface area contributed by atoms with E-state index in [4.69, 9.17) is 10.9 Å². The molecular weight excluding hydrogens is 178 g/mol. The van der Waals surface area contributed by atoms with E-state index >= 15 is 0 Å². The monoisotopic (exact) mass is 201 g/mol. The summed E-state index contributed by atoms with van der Waals surface area (Å²) in [7, 11) is 0. The first-order valence-corrected chi connectivity index (χ1v) is 5.20. The van der Waals surface area contributed by atoms with E-state index in [1.165, 1.54) is 6.42 Å². The Morgan fingerprint density at radius 3 is 2.29 bits per heavy atom. The molecule has 0 amide bonds. The van der Waals surface area contributed by atoms with Crippen LogP contribution in [0.1, 0.15) is 40.5 Å². The van der Waals surface area contributed by atoms with Crippen LogP contribution in [0, 0.1) is 5.92 Å². The lowest BCUT2D eigenvalue weighted by Gasteiger charge is -2.19. The molecule has 0 heterocycles. The Labute approximate surface area is 86.6 Å². The number of rotatable bonds is 6. The highest BCUT2D eigenvalue weighted by molar-refractivity contribution is 5.84. The van der Waals surface area contributed by atoms with Crippen molar-refractivity contribution in [3.05, 3.63) is 0 Å². The fraction of sp³-hybridized carbons (Fsp3) is 0.900. The van der Waals surface area contributed by atoms with Crippen LogP contribution < -0.4 is 11.1 Å². The second kappa shape index (κ2) is 6.65. The summed E-state index contributed by atoms with van der Waals surface area (Å²) >= 11 is 0. The fourth-order valence-corrected chi connectivity index (χ4v) is 1.27. The van der Waals surface area contributed by atoms with Crippen molar-refractivity contribution >= 4 is 5.84 Å². The van der Waals surface area contributed by atoms with Gasteiger partial charge in [0.15, 0.2) is 5.84 Å². The molecule has 0 fully saturated rings. The van der Waals surface area contributed by atoms with E-state index in [-0.39, 0.29) is 11.9 Å². The Balaban J connectivity index is 3.76. The zero-order valence-electron chi connectivity index (χ0n) is 9.62. The number of nitrogens with one attached hydrogen (secondary N) is 1. The summed E-state index contributed by atoms with van der Waals surface area (Å²) in [5.41, 5.74) is 5.46. The summed E-state index contributed by atoms with van der Waals surface area (Å²) in [5.74, 6) is 0.958. The third-order valence-corrected chi connectivity index (χ3v) is 2.27. The number of hydrogen-bond donors (Lipinski definition) is 3. The normalized spacial score (nSPS) is 17.1. The van der Waals surface area contributed by atoms with Gasteiger partial charge in [0.1, 0.15) is 0 Å². The van der Waals surface area contributed by atoms with Crippen molar-refractivity contribution in [1.29, 1.82) is 0 Å². The summed E-state index contributed by atoms with van der Waals surface area (Å²) in [4.78, 5) is 0. The predicted octanol–water partition coefficient (Wildman–Crippen LogP) is 1.54. The van der Waals surface area contributed by atoms with Gasteiger partial charge in [0, 0.05) is 6.04 Å². The molecule has 14 heavy (non-hydrogen) atoms. The lowest BCUT2D eigenvalue weighted by molar-refractivity contribution is 0.313. The van der Waals surface area contributed by atoms with Gasteiger partial charge in [-0.15, -0.1) is 0 Å². The minimum absolute atomic E-state index is 0.0674. The van der Waals surface area contributed by atoms with Crippen molar-refractivity contribution in [1.82, 2.24) is 5.32 Å². The highest BCUT2D eigenvalue weighted by atomic mass is 16.4. The van der Waals surface area contributed by atoms with Crippen LogP contribution in [0.4, 0.5) is 0 Å². The Bertz CT molecular complexity index is 180. The summed E-state index contributed by atoms with van der Waals surface area (Å²) in [6.45, 7) is 8.42. The largest absolute Gasteiger partial charge is 0.409 e. The van der Waals surface area contributed by atoms with Crippen LogP contribution >= 0.6 is 0 Å². The molecule has 0 radical (unpaired) electrons. The molecule has 0 bridgehead atoms. The molecule has 0 aromatic rings. The SMILES string of the molecule is CC(C)CCC(C)NC(C)C(N)=NO. The summed E-state index contributed by atoms with van der Waals surface area (Å²) in [6, 6.07) is 0.329. The standard InChI is InChI=1S/C10H23N3O/c1-7(2)5-6-8(3)12-9(4)10(11)13-14/h7-9,12,14H,5-6H2,1-4H3,(H2,11,13). The third kappa shape index (κ3) is 5.80.